The monoisotopic (exact) mass is 266 g/mol. The van der Waals surface area contributed by atoms with Crippen molar-refractivity contribution >= 4 is 17.2 Å². The average Bonchev–Trinajstić information content (AvgIpc) is 2.84. The fourth-order valence-corrected chi connectivity index (χ4v) is 3.09. The first-order chi connectivity index (χ1) is 8.66. The van der Waals surface area contributed by atoms with Crippen LogP contribution in [-0.2, 0) is 11.3 Å². The van der Waals surface area contributed by atoms with E-state index in [-0.39, 0.29) is 5.91 Å². The molecule has 1 unspecified atom stereocenters. The first kappa shape index (κ1) is 13.6. The predicted octanol–water partition coefficient (Wildman–Crippen LogP) is 2.58. The quantitative estimate of drug-likeness (QED) is 0.836. The van der Waals surface area contributed by atoms with Gasteiger partial charge in [0, 0.05) is 19.6 Å². The summed E-state index contributed by atoms with van der Waals surface area (Å²) in [6, 6.07) is 2.63. The van der Waals surface area contributed by atoms with Crippen molar-refractivity contribution in [2.75, 3.05) is 20.1 Å². The van der Waals surface area contributed by atoms with Crippen LogP contribution in [0, 0.1) is 0 Å². The van der Waals surface area contributed by atoms with Crippen LogP contribution < -0.4 is 0 Å². The minimum Gasteiger partial charge on any atom is -0.340 e. The minimum absolute atomic E-state index is 0.231. The molecular formula is C14H22N2OS. The van der Waals surface area contributed by atoms with Crippen LogP contribution >= 0.6 is 11.3 Å². The molecule has 1 saturated heterocycles. The van der Waals surface area contributed by atoms with Gasteiger partial charge in [0.1, 0.15) is 0 Å². The number of hydrogen-bond acceptors (Lipinski definition) is 3. The van der Waals surface area contributed by atoms with Gasteiger partial charge in [0.2, 0.25) is 5.91 Å². The molecule has 0 spiro atoms. The molecule has 100 valence electrons. The zero-order valence-corrected chi connectivity index (χ0v) is 12.1. The van der Waals surface area contributed by atoms with Crippen LogP contribution in [0.1, 0.15) is 31.7 Å². The molecule has 1 aromatic rings. The SMILES string of the molecule is CC1CCCCN1CC(=O)N(C)Cc1ccsc1. The van der Waals surface area contributed by atoms with Crippen molar-refractivity contribution in [2.24, 2.45) is 0 Å². The fourth-order valence-electron chi connectivity index (χ4n) is 2.43. The molecule has 0 N–H and O–H groups in total. The molecular weight excluding hydrogens is 244 g/mol. The minimum atomic E-state index is 0.231. The maximum atomic E-state index is 12.2. The lowest BCUT2D eigenvalue weighted by Gasteiger charge is -2.33. The molecule has 0 aliphatic carbocycles. The van der Waals surface area contributed by atoms with Gasteiger partial charge in [0.05, 0.1) is 6.54 Å². The zero-order chi connectivity index (χ0) is 13.0. The molecule has 3 nitrogen and oxygen atoms in total. The van der Waals surface area contributed by atoms with Gasteiger partial charge < -0.3 is 4.90 Å². The Morgan fingerprint density at radius 3 is 3.06 bits per heavy atom. The van der Waals surface area contributed by atoms with Gasteiger partial charge in [-0.25, -0.2) is 0 Å². The highest BCUT2D eigenvalue weighted by Gasteiger charge is 2.21. The molecule has 1 fully saturated rings. The third-order valence-electron chi connectivity index (χ3n) is 3.70. The van der Waals surface area contributed by atoms with Gasteiger partial charge >= 0.3 is 0 Å². The molecule has 0 saturated carbocycles. The number of carbonyl (C=O) groups is 1. The van der Waals surface area contributed by atoms with Crippen LogP contribution in [0.3, 0.4) is 0 Å². The van der Waals surface area contributed by atoms with E-state index in [1.807, 2.05) is 11.9 Å². The molecule has 0 bridgehead atoms. The van der Waals surface area contributed by atoms with E-state index >= 15 is 0 Å². The summed E-state index contributed by atoms with van der Waals surface area (Å²) in [6.45, 7) is 4.59. The van der Waals surface area contributed by atoms with Crippen molar-refractivity contribution in [3.63, 3.8) is 0 Å². The van der Waals surface area contributed by atoms with Crippen molar-refractivity contribution in [3.05, 3.63) is 22.4 Å². The van der Waals surface area contributed by atoms with E-state index in [1.54, 1.807) is 11.3 Å². The second-order valence-electron chi connectivity index (χ2n) is 5.20. The topological polar surface area (TPSA) is 23.6 Å². The number of carbonyl (C=O) groups excluding carboxylic acids is 1. The Morgan fingerprint density at radius 1 is 1.56 bits per heavy atom. The van der Waals surface area contributed by atoms with Crippen LogP contribution in [0.5, 0.6) is 0 Å². The summed E-state index contributed by atoms with van der Waals surface area (Å²) in [5.41, 5.74) is 1.22. The number of hydrogen-bond donors (Lipinski definition) is 0. The van der Waals surface area contributed by atoms with Gasteiger partial charge in [-0.2, -0.15) is 11.3 Å². The summed E-state index contributed by atoms with van der Waals surface area (Å²) in [7, 11) is 1.90. The van der Waals surface area contributed by atoms with Crippen LogP contribution in [0.4, 0.5) is 0 Å². The maximum Gasteiger partial charge on any atom is 0.236 e. The summed E-state index contributed by atoms with van der Waals surface area (Å²) in [6.07, 6.45) is 3.75. The van der Waals surface area contributed by atoms with E-state index in [9.17, 15) is 4.79 Å². The highest BCUT2D eigenvalue weighted by molar-refractivity contribution is 7.07. The van der Waals surface area contributed by atoms with E-state index < -0.39 is 0 Å². The van der Waals surface area contributed by atoms with Gasteiger partial charge in [-0.1, -0.05) is 6.42 Å². The lowest BCUT2D eigenvalue weighted by Crippen LogP contribution is -2.44. The Balaban J connectivity index is 1.83. The number of rotatable bonds is 4. The van der Waals surface area contributed by atoms with Crippen molar-refractivity contribution in [3.8, 4) is 0 Å². The standard InChI is InChI=1S/C14H22N2OS/c1-12-5-3-4-7-16(12)10-14(17)15(2)9-13-6-8-18-11-13/h6,8,11-12H,3-5,7,9-10H2,1-2H3. The fraction of sp³-hybridized carbons (Fsp3) is 0.643. The Labute approximate surface area is 113 Å². The average molecular weight is 266 g/mol. The smallest absolute Gasteiger partial charge is 0.236 e. The normalized spacial score (nSPS) is 20.9. The van der Waals surface area contributed by atoms with Gasteiger partial charge in [-0.3, -0.25) is 9.69 Å². The van der Waals surface area contributed by atoms with Crippen molar-refractivity contribution in [2.45, 2.75) is 38.8 Å². The number of likely N-dealkylation sites (tertiary alicyclic amines) is 1. The summed E-state index contributed by atoms with van der Waals surface area (Å²) >= 11 is 1.68. The molecule has 1 aliphatic rings. The Morgan fingerprint density at radius 2 is 2.39 bits per heavy atom. The predicted molar refractivity (Wildman–Crippen MR) is 75.7 cm³/mol. The molecule has 0 radical (unpaired) electrons. The number of likely N-dealkylation sites (N-methyl/N-ethyl adjacent to an activating group) is 1. The third-order valence-corrected chi connectivity index (χ3v) is 4.44. The van der Waals surface area contributed by atoms with Gasteiger partial charge in [-0.15, -0.1) is 0 Å². The Bertz CT molecular complexity index is 377. The molecule has 4 heteroatoms. The summed E-state index contributed by atoms with van der Waals surface area (Å²) < 4.78 is 0. The van der Waals surface area contributed by atoms with Gasteiger partial charge in [0.25, 0.3) is 0 Å². The first-order valence-electron chi connectivity index (χ1n) is 6.66. The molecule has 2 rings (SSSR count). The van der Waals surface area contributed by atoms with Crippen molar-refractivity contribution < 1.29 is 4.79 Å². The number of amides is 1. The largest absolute Gasteiger partial charge is 0.340 e. The van der Waals surface area contributed by atoms with E-state index in [4.69, 9.17) is 0 Å². The van der Waals surface area contributed by atoms with E-state index in [1.165, 1.54) is 24.8 Å². The third kappa shape index (κ3) is 3.56. The Hall–Kier alpha value is -0.870. The highest BCUT2D eigenvalue weighted by Crippen LogP contribution is 2.16. The summed E-state index contributed by atoms with van der Waals surface area (Å²) in [5.74, 6) is 0.231. The van der Waals surface area contributed by atoms with Crippen LogP contribution in [0.2, 0.25) is 0 Å². The highest BCUT2D eigenvalue weighted by atomic mass is 32.1. The summed E-state index contributed by atoms with van der Waals surface area (Å²) in [4.78, 5) is 16.3. The van der Waals surface area contributed by atoms with Crippen LogP contribution in [-0.4, -0.2) is 41.9 Å². The lowest BCUT2D eigenvalue weighted by molar-refractivity contribution is -0.132. The maximum absolute atomic E-state index is 12.2. The lowest BCUT2D eigenvalue weighted by atomic mass is 10.0. The second-order valence-corrected chi connectivity index (χ2v) is 5.98. The Kier molecular flexibility index (Phi) is 4.78. The molecule has 0 aromatic carbocycles. The van der Waals surface area contributed by atoms with E-state index in [0.29, 0.717) is 12.6 Å². The molecule has 1 amide bonds. The van der Waals surface area contributed by atoms with E-state index in [2.05, 4.69) is 28.7 Å². The van der Waals surface area contributed by atoms with Crippen LogP contribution in [0.25, 0.3) is 0 Å². The summed E-state index contributed by atoms with van der Waals surface area (Å²) in [5, 5.41) is 4.16. The number of nitrogens with zero attached hydrogens (tertiary/aromatic N) is 2. The molecule has 2 heterocycles. The van der Waals surface area contributed by atoms with Crippen molar-refractivity contribution in [1.29, 1.82) is 0 Å². The molecule has 1 aliphatic heterocycles. The molecule has 18 heavy (non-hydrogen) atoms. The molecule has 1 atom stereocenters. The number of piperidine rings is 1. The van der Waals surface area contributed by atoms with Crippen LogP contribution in [0.15, 0.2) is 16.8 Å². The van der Waals surface area contributed by atoms with E-state index in [0.717, 1.165) is 13.1 Å². The first-order valence-corrected chi connectivity index (χ1v) is 7.60. The zero-order valence-electron chi connectivity index (χ0n) is 11.3. The van der Waals surface area contributed by atoms with Crippen molar-refractivity contribution in [1.82, 2.24) is 9.80 Å². The van der Waals surface area contributed by atoms with Gasteiger partial charge in [0.15, 0.2) is 0 Å². The second kappa shape index (κ2) is 6.34. The molecule has 1 aromatic heterocycles. The number of thiophene rings is 1. The van der Waals surface area contributed by atoms with Gasteiger partial charge in [-0.05, 0) is 48.7 Å².